The number of rotatable bonds is 2. The maximum Gasteiger partial charge on any atom is 0.283 e. The Balaban J connectivity index is 1.87. The van der Waals surface area contributed by atoms with E-state index in [-0.39, 0.29) is 5.56 Å². The highest BCUT2D eigenvalue weighted by Gasteiger charge is 2.11. The number of anilines is 2. The lowest BCUT2D eigenvalue weighted by Gasteiger charge is -2.02. The number of hydrogen-bond donors (Lipinski definition) is 1. The van der Waals surface area contributed by atoms with Gasteiger partial charge in [0.15, 0.2) is 0 Å². The Hall–Kier alpha value is -2.44. The van der Waals surface area contributed by atoms with E-state index in [2.05, 4.69) is 15.4 Å². The minimum atomic E-state index is -0.177. The van der Waals surface area contributed by atoms with Crippen molar-refractivity contribution < 1.29 is 0 Å². The van der Waals surface area contributed by atoms with Gasteiger partial charge in [0.1, 0.15) is 0 Å². The standard InChI is InChI=1S/C15H9ClN4OS/c16-10-6-2-4-8-12(10)17-14-19-20-13(21)9-5-1-3-7-11(9)18-15(20)22-14/h1-8H,(H,17,19). The highest BCUT2D eigenvalue weighted by Crippen LogP contribution is 2.27. The summed E-state index contributed by atoms with van der Waals surface area (Å²) in [5, 5.41) is 9.11. The number of nitrogens with one attached hydrogen (secondary N) is 1. The van der Waals surface area contributed by atoms with Crippen LogP contribution in [-0.4, -0.2) is 14.6 Å². The lowest BCUT2D eigenvalue weighted by Crippen LogP contribution is -2.15. The highest BCUT2D eigenvalue weighted by molar-refractivity contribution is 7.20. The zero-order valence-electron chi connectivity index (χ0n) is 11.2. The van der Waals surface area contributed by atoms with Gasteiger partial charge in [-0.3, -0.25) is 4.79 Å². The fourth-order valence-corrected chi connectivity index (χ4v) is 3.18. The molecule has 5 nitrogen and oxygen atoms in total. The number of halogens is 1. The first-order valence-corrected chi connectivity index (χ1v) is 7.72. The number of fused-ring (bicyclic) bond motifs is 2. The van der Waals surface area contributed by atoms with E-state index in [1.165, 1.54) is 15.9 Å². The molecule has 0 spiro atoms. The Morgan fingerprint density at radius 2 is 1.86 bits per heavy atom. The van der Waals surface area contributed by atoms with Gasteiger partial charge in [0, 0.05) is 0 Å². The number of hydrogen-bond acceptors (Lipinski definition) is 5. The van der Waals surface area contributed by atoms with Gasteiger partial charge in [-0.25, -0.2) is 4.98 Å². The normalized spacial score (nSPS) is 11.1. The molecule has 0 aliphatic rings. The third kappa shape index (κ3) is 2.13. The summed E-state index contributed by atoms with van der Waals surface area (Å²) in [7, 11) is 0. The molecule has 0 saturated carbocycles. The molecule has 108 valence electrons. The summed E-state index contributed by atoms with van der Waals surface area (Å²) >= 11 is 7.42. The van der Waals surface area contributed by atoms with Gasteiger partial charge in [0.2, 0.25) is 10.1 Å². The molecular formula is C15H9ClN4OS. The van der Waals surface area contributed by atoms with E-state index >= 15 is 0 Å². The van der Waals surface area contributed by atoms with Crippen LogP contribution >= 0.6 is 22.9 Å². The van der Waals surface area contributed by atoms with Gasteiger partial charge in [0.25, 0.3) is 5.56 Å². The number of aromatic nitrogens is 3. The second-order valence-corrected chi connectivity index (χ2v) is 6.00. The zero-order valence-corrected chi connectivity index (χ0v) is 12.7. The van der Waals surface area contributed by atoms with Crippen molar-refractivity contribution in [3.63, 3.8) is 0 Å². The molecule has 7 heteroatoms. The van der Waals surface area contributed by atoms with Crippen molar-refractivity contribution in [3.05, 3.63) is 63.9 Å². The molecule has 0 aliphatic carbocycles. The van der Waals surface area contributed by atoms with Crippen molar-refractivity contribution in [2.45, 2.75) is 0 Å². The van der Waals surface area contributed by atoms with Crippen LogP contribution in [0.3, 0.4) is 0 Å². The monoisotopic (exact) mass is 328 g/mol. The molecule has 4 aromatic rings. The molecule has 0 amide bonds. The largest absolute Gasteiger partial charge is 0.329 e. The van der Waals surface area contributed by atoms with Crippen molar-refractivity contribution in [1.29, 1.82) is 0 Å². The Morgan fingerprint density at radius 3 is 2.73 bits per heavy atom. The zero-order chi connectivity index (χ0) is 15.1. The van der Waals surface area contributed by atoms with Gasteiger partial charge in [-0.2, -0.15) is 4.52 Å². The predicted octanol–water partition coefficient (Wildman–Crippen LogP) is 3.70. The molecule has 22 heavy (non-hydrogen) atoms. The van der Waals surface area contributed by atoms with E-state index in [0.717, 1.165) is 5.69 Å². The molecule has 2 aromatic carbocycles. The molecule has 2 heterocycles. The van der Waals surface area contributed by atoms with Crippen molar-refractivity contribution in [2.24, 2.45) is 0 Å². The van der Waals surface area contributed by atoms with Gasteiger partial charge in [-0.05, 0) is 24.3 Å². The maximum absolute atomic E-state index is 12.4. The first-order chi connectivity index (χ1) is 10.7. The molecule has 0 radical (unpaired) electrons. The second-order valence-electron chi connectivity index (χ2n) is 4.64. The fourth-order valence-electron chi connectivity index (χ4n) is 2.18. The second kappa shape index (κ2) is 5.08. The maximum atomic E-state index is 12.4. The van der Waals surface area contributed by atoms with Crippen LogP contribution in [0.25, 0.3) is 15.9 Å². The van der Waals surface area contributed by atoms with Gasteiger partial charge < -0.3 is 5.32 Å². The van der Waals surface area contributed by atoms with E-state index < -0.39 is 0 Å². The molecule has 0 fully saturated rings. The minimum Gasteiger partial charge on any atom is -0.329 e. The van der Waals surface area contributed by atoms with Crippen molar-refractivity contribution in [2.75, 3.05) is 5.32 Å². The number of nitrogens with zero attached hydrogens (tertiary/aromatic N) is 3. The fraction of sp³-hybridized carbons (Fsp3) is 0. The summed E-state index contributed by atoms with van der Waals surface area (Å²) in [6.45, 7) is 0. The lowest BCUT2D eigenvalue weighted by molar-refractivity contribution is 0.919. The Morgan fingerprint density at radius 1 is 1.09 bits per heavy atom. The lowest BCUT2D eigenvalue weighted by atomic mass is 10.2. The third-order valence-electron chi connectivity index (χ3n) is 3.22. The molecular weight excluding hydrogens is 320 g/mol. The third-order valence-corrected chi connectivity index (χ3v) is 4.37. The quantitative estimate of drug-likeness (QED) is 0.609. The SMILES string of the molecule is O=c1c2ccccc2nc2sc(Nc3ccccc3Cl)nn12. The molecule has 2 aromatic heterocycles. The summed E-state index contributed by atoms with van der Waals surface area (Å²) in [6.07, 6.45) is 0. The summed E-state index contributed by atoms with van der Waals surface area (Å²) in [6, 6.07) is 14.6. The Bertz CT molecular complexity index is 1060. The van der Waals surface area contributed by atoms with Crippen molar-refractivity contribution in [1.82, 2.24) is 14.6 Å². The molecule has 0 atom stereocenters. The summed E-state index contributed by atoms with van der Waals surface area (Å²) in [5.41, 5.74) is 1.23. The van der Waals surface area contributed by atoms with Crippen LogP contribution in [0.1, 0.15) is 0 Å². The van der Waals surface area contributed by atoms with Crippen LogP contribution in [0.4, 0.5) is 10.8 Å². The minimum absolute atomic E-state index is 0.177. The van der Waals surface area contributed by atoms with Gasteiger partial charge in [-0.15, -0.1) is 5.10 Å². The van der Waals surface area contributed by atoms with Crippen LogP contribution in [0.5, 0.6) is 0 Å². The topological polar surface area (TPSA) is 59.3 Å². The molecule has 4 rings (SSSR count). The summed E-state index contributed by atoms with van der Waals surface area (Å²) in [4.78, 5) is 17.4. The van der Waals surface area contributed by atoms with Gasteiger partial charge in [0.05, 0.1) is 21.6 Å². The van der Waals surface area contributed by atoms with Crippen molar-refractivity contribution >= 4 is 49.6 Å². The Labute approximate surface area is 133 Å². The van der Waals surface area contributed by atoms with Crippen LogP contribution in [0, 0.1) is 0 Å². The molecule has 1 N–H and O–H groups in total. The van der Waals surface area contributed by atoms with Crippen LogP contribution < -0.4 is 10.9 Å². The average molecular weight is 329 g/mol. The first-order valence-electron chi connectivity index (χ1n) is 6.52. The Kier molecular flexibility index (Phi) is 3.06. The van der Waals surface area contributed by atoms with E-state index in [1.54, 1.807) is 12.1 Å². The average Bonchev–Trinajstić information content (AvgIpc) is 2.93. The van der Waals surface area contributed by atoms with Gasteiger partial charge >= 0.3 is 0 Å². The number of benzene rings is 2. The van der Waals surface area contributed by atoms with E-state index in [4.69, 9.17) is 11.6 Å². The highest BCUT2D eigenvalue weighted by atomic mass is 35.5. The summed E-state index contributed by atoms with van der Waals surface area (Å²) in [5.74, 6) is 0. The smallest absolute Gasteiger partial charge is 0.283 e. The van der Waals surface area contributed by atoms with Crippen molar-refractivity contribution in [3.8, 4) is 0 Å². The van der Waals surface area contributed by atoms with E-state index in [1.807, 2.05) is 36.4 Å². The van der Waals surface area contributed by atoms with E-state index in [0.29, 0.717) is 26.0 Å². The summed E-state index contributed by atoms with van der Waals surface area (Å²) < 4.78 is 1.31. The van der Waals surface area contributed by atoms with Crippen LogP contribution in [0.2, 0.25) is 5.02 Å². The number of para-hydroxylation sites is 2. The van der Waals surface area contributed by atoms with Crippen LogP contribution in [-0.2, 0) is 0 Å². The van der Waals surface area contributed by atoms with Crippen LogP contribution in [0.15, 0.2) is 53.3 Å². The van der Waals surface area contributed by atoms with Gasteiger partial charge in [-0.1, -0.05) is 47.2 Å². The van der Waals surface area contributed by atoms with E-state index in [9.17, 15) is 4.79 Å². The molecule has 0 aliphatic heterocycles. The molecule has 0 saturated heterocycles. The molecule has 0 unspecified atom stereocenters. The first kappa shape index (κ1) is 13.2. The molecule has 0 bridgehead atoms. The predicted molar refractivity (Wildman–Crippen MR) is 89.4 cm³/mol.